The number of hydrogen-bond donors (Lipinski definition) is 1. The maximum atomic E-state index is 13.5. The number of nitrogens with zero attached hydrogens (tertiary/aromatic N) is 3. The lowest BCUT2D eigenvalue weighted by atomic mass is 10.1. The number of rotatable bonds is 6. The normalized spacial score (nSPS) is 18.9. The van der Waals surface area contributed by atoms with Gasteiger partial charge in [0.25, 0.3) is 0 Å². The standard InChI is InChI=1S/C21H24F2N4O/c22-19-7-6-18(11-20(19)23)26-10-8-15(13-26)12-25-21(28)27(17-4-5-17)14-16-3-1-2-9-24-16/h1-3,6-7,9,11,15,17H,4-5,8,10,12-14H2,(H,25,28). The Bertz CT molecular complexity index is 828. The number of urea groups is 1. The molecule has 1 saturated heterocycles. The predicted molar refractivity (Wildman–Crippen MR) is 103 cm³/mol. The first-order chi connectivity index (χ1) is 13.6. The van der Waals surface area contributed by atoms with Gasteiger partial charge in [0, 0.05) is 43.6 Å². The molecule has 2 amide bonds. The second-order valence-corrected chi connectivity index (χ2v) is 7.57. The Kier molecular flexibility index (Phi) is 5.41. The summed E-state index contributed by atoms with van der Waals surface area (Å²) in [5.41, 5.74) is 1.57. The van der Waals surface area contributed by atoms with Crippen molar-refractivity contribution in [2.75, 3.05) is 24.5 Å². The largest absolute Gasteiger partial charge is 0.371 e. The van der Waals surface area contributed by atoms with Crippen molar-refractivity contribution in [3.8, 4) is 0 Å². The summed E-state index contributed by atoms with van der Waals surface area (Å²) in [6, 6.07) is 9.95. The highest BCUT2D eigenvalue weighted by Gasteiger charge is 2.33. The van der Waals surface area contributed by atoms with Crippen molar-refractivity contribution in [3.63, 3.8) is 0 Å². The summed E-state index contributed by atoms with van der Waals surface area (Å²) in [5, 5.41) is 3.06. The molecule has 0 bridgehead atoms. The van der Waals surface area contributed by atoms with Gasteiger partial charge in [0.15, 0.2) is 11.6 Å². The van der Waals surface area contributed by atoms with E-state index < -0.39 is 11.6 Å². The monoisotopic (exact) mass is 386 g/mol. The van der Waals surface area contributed by atoms with Crippen LogP contribution in [0.2, 0.25) is 0 Å². The van der Waals surface area contributed by atoms with Crippen LogP contribution in [0.1, 0.15) is 25.0 Å². The lowest BCUT2D eigenvalue weighted by Crippen LogP contribution is -2.43. The molecule has 1 aromatic heterocycles. The van der Waals surface area contributed by atoms with Crippen LogP contribution in [0.3, 0.4) is 0 Å². The van der Waals surface area contributed by atoms with E-state index >= 15 is 0 Å². The molecule has 2 heterocycles. The Hall–Kier alpha value is -2.70. The number of aromatic nitrogens is 1. The average molecular weight is 386 g/mol. The van der Waals surface area contributed by atoms with Crippen LogP contribution in [-0.2, 0) is 6.54 Å². The Labute approximate surface area is 163 Å². The highest BCUT2D eigenvalue weighted by Crippen LogP contribution is 2.28. The molecule has 2 aliphatic rings. The van der Waals surface area contributed by atoms with Gasteiger partial charge in [-0.2, -0.15) is 0 Å². The molecule has 1 N–H and O–H groups in total. The van der Waals surface area contributed by atoms with Crippen LogP contribution in [0.5, 0.6) is 0 Å². The third-order valence-corrected chi connectivity index (χ3v) is 5.40. The number of anilines is 1. The molecule has 1 atom stereocenters. The van der Waals surface area contributed by atoms with E-state index in [1.807, 2.05) is 28.0 Å². The fourth-order valence-corrected chi connectivity index (χ4v) is 3.67. The van der Waals surface area contributed by atoms with Crippen molar-refractivity contribution in [1.29, 1.82) is 0 Å². The molecule has 1 unspecified atom stereocenters. The Morgan fingerprint density at radius 1 is 1.18 bits per heavy atom. The third-order valence-electron chi connectivity index (χ3n) is 5.40. The van der Waals surface area contributed by atoms with Crippen LogP contribution in [0.25, 0.3) is 0 Å². The molecule has 1 saturated carbocycles. The van der Waals surface area contributed by atoms with Gasteiger partial charge in [-0.3, -0.25) is 4.98 Å². The molecular formula is C21H24F2N4O. The summed E-state index contributed by atoms with van der Waals surface area (Å²) < 4.78 is 26.6. The maximum Gasteiger partial charge on any atom is 0.318 e. The minimum Gasteiger partial charge on any atom is -0.371 e. The predicted octanol–water partition coefficient (Wildman–Crippen LogP) is 3.56. The fraction of sp³-hybridized carbons (Fsp3) is 0.429. The summed E-state index contributed by atoms with van der Waals surface area (Å²) in [6.45, 7) is 2.58. The molecule has 28 heavy (non-hydrogen) atoms. The third kappa shape index (κ3) is 4.40. The first-order valence-electron chi connectivity index (χ1n) is 9.74. The van der Waals surface area contributed by atoms with Crippen LogP contribution < -0.4 is 10.2 Å². The molecule has 1 aliphatic carbocycles. The molecule has 7 heteroatoms. The fourth-order valence-electron chi connectivity index (χ4n) is 3.67. The highest BCUT2D eigenvalue weighted by molar-refractivity contribution is 5.75. The maximum absolute atomic E-state index is 13.5. The van der Waals surface area contributed by atoms with Crippen molar-refractivity contribution in [1.82, 2.24) is 15.2 Å². The summed E-state index contributed by atoms with van der Waals surface area (Å²) in [4.78, 5) is 20.9. The molecule has 1 aromatic carbocycles. The lowest BCUT2D eigenvalue weighted by Gasteiger charge is -2.24. The number of benzene rings is 1. The van der Waals surface area contributed by atoms with E-state index in [0.717, 1.165) is 44.1 Å². The van der Waals surface area contributed by atoms with E-state index in [2.05, 4.69) is 10.3 Å². The van der Waals surface area contributed by atoms with Gasteiger partial charge in [-0.25, -0.2) is 13.6 Å². The minimum atomic E-state index is -0.833. The molecule has 0 spiro atoms. The zero-order valence-electron chi connectivity index (χ0n) is 15.7. The number of pyridine rings is 1. The van der Waals surface area contributed by atoms with E-state index in [-0.39, 0.29) is 11.9 Å². The van der Waals surface area contributed by atoms with Crippen molar-refractivity contribution in [2.24, 2.45) is 5.92 Å². The highest BCUT2D eigenvalue weighted by atomic mass is 19.2. The average Bonchev–Trinajstić information content (AvgIpc) is 3.44. The van der Waals surface area contributed by atoms with Crippen molar-refractivity contribution in [2.45, 2.75) is 31.8 Å². The van der Waals surface area contributed by atoms with Gasteiger partial charge in [-0.15, -0.1) is 0 Å². The molecule has 5 nitrogen and oxygen atoms in total. The Balaban J connectivity index is 1.30. The van der Waals surface area contributed by atoms with Gasteiger partial charge in [0.2, 0.25) is 0 Å². The number of carbonyl (C=O) groups is 1. The van der Waals surface area contributed by atoms with Gasteiger partial charge in [0.1, 0.15) is 0 Å². The lowest BCUT2D eigenvalue weighted by molar-refractivity contribution is 0.189. The molecule has 0 radical (unpaired) electrons. The van der Waals surface area contributed by atoms with Crippen molar-refractivity contribution < 1.29 is 13.6 Å². The van der Waals surface area contributed by atoms with E-state index in [0.29, 0.717) is 24.8 Å². The quantitative estimate of drug-likeness (QED) is 0.826. The van der Waals surface area contributed by atoms with Gasteiger partial charge in [-0.05, 0) is 49.4 Å². The SMILES string of the molecule is O=C(NCC1CCN(c2ccc(F)c(F)c2)C1)N(Cc1ccccn1)C1CC1. The van der Waals surface area contributed by atoms with Crippen LogP contribution in [-0.4, -0.2) is 41.6 Å². The van der Waals surface area contributed by atoms with Gasteiger partial charge < -0.3 is 15.1 Å². The zero-order chi connectivity index (χ0) is 19.5. The first-order valence-corrected chi connectivity index (χ1v) is 9.74. The van der Waals surface area contributed by atoms with Gasteiger partial charge >= 0.3 is 6.03 Å². The Morgan fingerprint density at radius 3 is 2.75 bits per heavy atom. The van der Waals surface area contributed by atoms with E-state index in [1.165, 1.54) is 6.07 Å². The van der Waals surface area contributed by atoms with E-state index in [1.54, 1.807) is 12.3 Å². The van der Waals surface area contributed by atoms with E-state index in [9.17, 15) is 13.6 Å². The molecule has 148 valence electrons. The summed E-state index contributed by atoms with van der Waals surface area (Å²) in [5.74, 6) is -1.38. The first kappa shape index (κ1) is 18.7. The molecule has 2 fully saturated rings. The molecule has 4 rings (SSSR count). The number of hydrogen-bond acceptors (Lipinski definition) is 3. The van der Waals surface area contributed by atoms with Gasteiger partial charge in [-0.1, -0.05) is 6.07 Å². The van der Waals surface area contributed by atoms with Crippen molar-refractivity contribution in [3.05, 3.63) is 59.9 Å². The smallest absolute Gasteiger partial charge is 0.318 e. The van der Waals surface area contributed by atoms with Crippen molar-refractivity contribution >= 4 is 11.7 Å². The summed E-state index contributed by atoms with van der Waals surface area (Å²) in [6.07, 6.45) is 4.72. The van der Waals surface area contributed by atoms with Crippen LogP contribution in [0.4, 0.5) is 19.3 Å². The topological polar surface area (TPSA) is 48.5 Å². The summed E-state index contributed by atoms with van der Waals surface area (Å²) >= 11 is 0. The molecule has 1 aliphatic heterocycles. The second-order valence-electron chi connectivity index (χ2n) is 7.57. The summed E-state index contributed by atoms with van der Waals surface area (Å²) in [7, 11) is 0. The van der Waals surface area contributed by atoms with Gasteiger partial charge in [0.05, 0.1) is 12.2 Å². The molecular weight excluding hydrogens is 362 g/mol. The van der Waals surface area contributed by atoms with Crippen LogP contribution >= 0.6 is 0 Å². The van der Waals surface area contributed by atoms with Crippen LogP contribution in [0.15, 0.2) is 42.6 Å². The van der Waals surface area contributed by atoms with E-state index in [4.69, 9.17) is 0 Å². The molecule has 2 aromatic rings. The number of nitrogens with one attached hydrogen (secondary N) is 1. The minimum absolute atomic E-state index is 0.0561. The van der Waals surface area contributed by atoms with Crippen LogP contribution in [0, 0.1) is 17.6 Å². The number of amides is 2. The number of halogens is 2. The zero-order valence-corrected chi connectivity index (χ0v) is 15.7. The second kappa shape index (κ2) is 8.12. The number of carbonyl (C=O) groups excluding carboxylic acids is 1. The Morgan fingerprint density at radius 2 is 2.04 bits per heavy atom.